The number of hydrogen-bond acceptors (Lipinski definition) is 5. The zero-order chi connectivity index (χ0) is 13.1. The molecule has 2 aromatic heterocycles. The lowest BCUT2D eigenvalue weighted by Crippen LogP contribution is -2.19. The van der Waals surface area contributed by atoms with Crippen LogP contribution in [0, 0.1) is 0 Å². The van der Waals surface area contributed by atoms with E-state index < -0.39 is 0 Å². The van der Waals surface area contributed by atoms with E-state index in [4.69, 9.17) is 0 Å². The summed E-state index contributed by atoms with van der Waals surface area (Å²) >= 11 is 1.75. The van der Waals surface area contributed by atoms with Crippen molar-refractivity contribution in [2.24, 2.45) is 0 Å². The predicted octanol–water partition coefficient (Wildman–Crippen LogP) is 2.59. The number of nitrogens with zero attached hydrogens (tertiary/aromatic N) is 3. The Hall–Kier alpha value is -1.85. The third-order valence-electron chi connectivity index (χ3n) is 3.07. The molecule has 1 atom stereocenters. The van der Waals surface area contributed by atoms with Crippen molar-refractivity contribution < 1.29 is 0 Å². The van der Waals surface area contributed by atoms with E-state index in [0.29, 0.717) is 0 Å². The molecule has 4 nitrogen and oxygen atoms in total. The summed E-state index contributed by atoms with van der Waals surface area (Å²) in [4.78, 5) is 4.67. The maximum atomic E-state index is 4.67. The summed E-state index contributed by atoms with van der Waals surface area (Å²) in [5.74, 6) is 0. The summed E-state index contributed by atoms with van der Waals surface area (Å²) in [7, 11) is 1.96. The molecule has 0 aliphatic rings. The molecule has 3 rings (SSSR count). The van der Waals surface area contributed by atoms with E-state index in [0.717, 1.165) is 22.5 Å². The van der Waals surface area contributed by atoms with Gasteiger partial charge in [-0.2, -0.15) is 10.2 Å². The van der Waals surface area contributed by atoms with Crippen LogP contribution < -0.4 is 5.32 Å². The van der Waals surface area contributed by atoms with Crippen molar-refractivity contribution in [3.8, 4) is 0 Å². The van der Waals surface area contributed by atoms with E-state index >= 15 is 0 Å². The van der Waals surface area contributed by atoms with Gasteiger partial charge in [0.05, 0.1) is 21.4 Å². The van der Waals surface area contributed by atoms with Crippen molar-refractivity contribution >= 4 is 21.6 Å². The van der Waals surface area contributed by atoms with E-state index in [-0.39, 0.29) is 6.04 Å². The number of rotatable bonds is 4. The van der Waals surface area contributed by atoms with Crippen LogP contribution >= 0.6 is 11.3 Å². The fraction of sp³-hybridized carbons (Fsp3) is 0.214. The van der Waals surface area contributed by atoms with Gasteiger partial charge in [0.2, 0.25) is 0 Å². The van der Waals surface area contributed by atoms with Crippen LogP contribution in [0.2, 0.25) is 0 Å². The molecule has 1 unspecified atom stereocenters. The maximum absolute atomic E-state index is 4.67. The number of likely N-dealkylation sites (N-methyl/N-ethyl adjacent to an activating group) is 1. The Labute approximate surface area is 115 Å². The molecule has 0 fully saturated rings. The summed E-state index contributed by atoms with van der Waals surface area (Å²) in [6.07, 6.45) is 4.38. The van der Waals surface area contributed by atoms with Gasteiger partial charge >= 0.3 is 0 Å². The first-order chi connectivity index (χ1) is 9.36. The van der Waals surface area contributed by atoms with E-state index in [1.165, 1.54) is 4.70 Å². The first-order valence-corrected chi connectivity index (χ1v) is 6.97. The van der Waals surface area contributed by atoms with Gasteiger partial charge in [0.1, 0.15) is 0 Å². The monoisotopic (exact) mass is 270 g/mol. The minimum Gasteiger partial charge on any atom is -0.313 e. The smallest absolute Gasteiger partial charge is 0.0957 e. The zero-order valence-corrected chi connectivity index (χ0v) is 11.4. The maximum Gasteiger partial charge on any atom is 0.0957 e. The van der Waals surface area contributed by atoms with Crippen LogP contribution in [0.25, 0.3) is 10.2 Å². The van der Waals surface area contributed by atoms with Gasteiger partial charge in [-0.25, -0.2) is 4.98 Å². The number of para-hydroxylation sites is 1. The SMILES string of the molecule is CNC(Cc1nc2ccccc2s1)c1ccnnc1. The molecule has 5 heteroatoms. The minimum absolute atomic E-state index is 0.219. The minimum atomic E-state index is 0.219. The highest BCUT2D eigenvalue weighted by atomic mass is 32.1. The molecule has 0 saturated carbocycles. The van der Waals surface area contributed by atoms with E-state index in [1.54, 1.807) is 23.7 Å². The molecule has 1 N–H and O–H groups in total. The van der Waals surface area contributed by atoms with Crippen LogP contribution in [-0.4, -0.2) is 22.2 Å². The molecule has 1 aromatic carbocycles. The lowest BCUT2D eigenvalue weighted by Gasteiger charge is -2.13. The number of nitrogens with one attached hydrogen (secondary N) is 1. The molecular formula is C14H14N4S. The largest absolute Gasteiger partial charge is 0.313 e. The average molecular weight is 270 g/mol. The van der Waals surface area contributed by atoms with Crippen LogP contribution in [0.15, 0.2) is 42.7 Å². The van der Waals surface area contributed by atoms with Gasteiger partial charge in [-0.3, -0.25) is 0 Å². The van der Waals surface area contributed by atoms with Crippen molar-refractivity contribution in [1.29, 1.82) is 0 Å². The molecule has 0 saturated heterocycles. The Bertz CT molecular complexity index is 632. The average Bonchev–Trinajstić information content (AvgIpc) is 2.88. The number of hydrogen-bond donors (Lipinski definition) is 1. The third kappa shape index (κ3) is 2.62. The van der Waals surface area contributed by atoms with Crippen molar-refractivity contribution in [2.45, 2.75) is 12.5 Å². The molecule has 0 radical (unpaired) electrons. The number of benzene rings is 1. The summed E-state index contributed by atoms with van der Waals surface area (Å²) < 4.78 is 1.24. The molecule has 0 spiro atoms. The second-order valence-electron chi connectivity index (χ2n) is 4.30. The van der Waals surface area contributed by atoms with Gasteiger partial charge in [0.15, 0.2) is 0 Å². The topological polar surface area (TPSA) is 50.7 Å². The number of aromatic nitrogens is 3. The van der Waals surface area contributed by atoms with Crippen molar-refractivity contribution in [2.75, 3.05) is 7.05 Å². The molecular weight excluding hydrogens is 256 g/mol. The molecule has 0 amide bonds. The standard InChI is InChI=1S/C14H14N4S/c1-15-12(10-6-7-16-17-9-10)8-14-18-11-4-2-3-5-13(11)19-14/h2-7,9,12,15H,8H2,1H3. The molecule has 0 aliphatic heterocycles. The fourth-order valence-corrected chi connectivity index (χ4v) is 3.09. The van der Waals surface area contributed by atoms with Gasteiger partial charge in [0.25, 0.3) is 0 Å². The molecule has 0 aliphatic carbocycles. The number of fused-ring (bicyclic) bond motifs is 1. The van der Waals surface area contributed by atoms with Crippen molar-refractivity contribution in [1.82, 2.24) is 20.5 Å². The van der Waals surface area contributed by atoms with Gasteiger partial charge in [-0.05, 0) is 30.8 Å². The van der Waals surface area contributed by atoms with Crippen LogP contribution in [0.3, 0.4) is 0 Å². The quantitative estimate of drug-likeness (QED) is 0.791. The number of thiazole rings is 1. The fourth-order valence-electron chi connectivity index (χ4n) is 2.08. The Morgan fingerprint density at radius 2 is 2.11 bits per heavy atom. The van der Waals surface area contributed by atoms with Gasteiger partial charge < -0.3 is 5.32 Å². The highest BCUT2D eigenvalue weighted by molar-refractivity contribution is 7.18. The summed E-state index contributed by atoms with van der Waals surface area (Å²) in [6, 6.07) is 10.4. The Balaban J connectivity index is 1.86. The molecule has 2 heterocycles. The second-order valence-corrected chi connectivity index (χ2v) is 5.41. The Morgan fingerprint density at radius 1 is 1.21 bits per heavy atom. The Kier molecular flexibility index (Phi) is 3.48. The van der Waals surface area contributed by atoms with Gasteiger partial charge in [-0.15, -0.1) is 11.3 Å². The van der Waals surface area contributed by atoms with E-state index in [9.17, 15) is 0 Å². The molecule has 3 aromatic rings. The normalized spacial score (nSPS) is 12.7. The predicted molar refractivity (Wildman–Crippen MR) is 77.2 cm³/mol. The highest BCUT2D eigenvalue weighted by Crippen LogP contribution is 2.25. The third-order valence-corrected chi connectivity index (χ3v) is 4.13. The Morgan fingerprint density at radius 3 is 2.84 bits per heavy atom. The zero-order valence-electron chi connectivity index (χ0n) is 10.6. The summed E-state index contributed by atoms with van der Waals surface area (Å²) in [5, 5.41) is 12.2. The lowest BCUT2D eigenvalue weighted by molar-refractivity contribution is 0.587. The van der Waals surface area contributed by atoms with Gasteiger partial charge in [0, 0.05) is 18.7 Å². The summed E-state index contributed by atoms with van der Waals surface area (Å²) in [5.41, 5.74) is 2.21. The van der Waals surface area contributed by atoms with Crippen LogP contribution in [-0.2, 0) is 6.42 Å². The summed E-state index contributed by atoms with van der Waals surface area (Å²) in [6.45, 7) is 0. The van der Waals surface area contributed by atoms with Crippen LogP contribution in [0.5, 0.6) is 0 Å². The molecule has 0 bridgehead atoms. The van der Waals surface area contributed by atoms with Crippen LogP contribution in [0.4, 0.5) is 0 Å². The van der Waals surface area contributed by atoms with Gasteiger partial charge in [-0.1, -0.05) is 12.1 Å². The van der Waals surface area contributed by atoms with E-state index in [1.807, 2.05) is 25.2 Å². The first kappa shape index (κ1) is 12.2. The van der Waals surface area contributed by atoms with E-state index in [2.05, 4.69) is 32.6 Å². The first-order valence-electron chi connectivity index (χ1n) is 6.15. The van der Waals surface area contributed by atoms with Crippen molar-refractivity contribution in [3.63, 3.8) is 0 Å². The van der Waals surface area contributed by atoms with Crippen LogP contribution in [0.1, 0.15) is 16.6 Å². The second kappa shape index (κ2) is 5.42. The molecule has 96 valence electrons. The van der Waals surface area contributed by atoms with Crippen molar-refractivity contribution in [3.05, 3.63) is 53.3 Å². The molecule has 19 heavy (non-hydrogen) atoms. The lowest BCUT2D eigenvalue weighted by atomic mass is 10.1. The highest BCUT2D eigenvalue weighted by Gasteiger charge is 2.13.